The predicted octanol–water partition coefficient (Wildman–Crippen LogP) is 2.44. The standard InChI is InChI=1S/C10H12BrClO2/c1-6-4-7(12)2-3-8(6)10(14)9(13)5-11/h2-4,9-10,13-14H,5H2,1H3. The molecule has 0 aliphatic rings. The van der Waals surface area contributed by atoms with E-state index in [1.807, 2.05) is 6.92 Å². The van der Waals surface area contributed by atoms with Gasteiger partial charge in [-0.2, -0.15) is 0 Å². The number of halogens is 2. The summed E-state index contributed by atoms with van der Waals surface area (Å²) in [5.74, 6) is 0. The molecular formula is C10H12BrClO2. The first-order valence-electron chi connectivity index (χ1n) is 4.24. The van der Waals surface area contributed by atoms with Gasteiger partial charge in [0.15, 0.2) is 0 Å². The molecule has 0 saturated heterocycles. The maximum absolute atomic E-state index is 9.74. The molecule has 0 spiro atoms. The molecular weight excluding hydrogens is 267 g/mol. The van der Waals surface area contributed by atoms with Gasteiger partial charge >= 0.3 is 0 Å². The van der Waals surface area contributed by atoms with Crippen LogP contribution in [0.4, 0.5) is 0 Å². The van der Waals surface area contributed by atoms with Crippen LogP contribution in [-0.2, 0) is 0 Å². The van der Waals surface area contributed by atoms with Crippen molar-refractivity contribution >= 4 is 27.5 Å². The Bertz CT molecular complexity index is 317. The van der Waals surface area contributed by atoms with Gasteiger partial charge in [0.05, 0.1) is 6.10 Å². The number of aliphatic hydroxyl groups excluding tert-OH is 2. The molecule has 0 bridgehead atoms. The maximum Gasteiger partial charge on any atom is 0.106 e. The quantitative estimate of drug-likeness (QED) is 0.834. The first-order chi connectivity index (χ1) is 6.56. The summed E-state index contributed by atoms with van der Waals surface area (Å²) < 4.78 is 0. The minimum Gasteiger partial charge on any atom is -0.389 e. The fourth-order valence-corrected chi connectivity index (χ4v) is 1.84. The fraction of sp³-hybridized carbons (Fsp3) is 0.400. The second-order valence-corrected chi connectivity index (χ2v) is 4.25. The molecule has 2 N–H and O–H groups in total. The van der Waals surface area contributed by atoms with Gasteiger partial charge in [-0.1, -0.05) is 33.6 Å². The molecule has 0 amide bonds. The molecule has 0 heterocycles. The van der Waals surface area contributed by atoms with Gasteiger partial charge < -0.3 is 10.2 Å². The van der Waals surface area contributed by atoms with Crippen LogP contribution in [-0.4, -0.2) is 21.6 Å². The minimum atomic E-state index is -0.869. The average Bonchev–Trinajstić information content (AvgIpc) is 2.15. The van der Waals surface area contributed by atoms with E-state index in [0.29, 0.717) is 15.9 Å². The maximum atomic E-state index is 9.74. The first-order valence-corrected chi connectivity index (χ1v) is 5.74. The molecule has 0 aromatic heterocycles. The zero-order chi connectivity index (χ0) is 10.7. The van der Waals surface area contributed by atoms with Gasteiger partial charge in [0.2, 0.25) is 0 Å². The summed E-state index contributed by atoms with van der Waals surface area (Å²) in [6.07, 6.45) is -1.67. The van der Waals surface area contributed by atoms with Crippen LogP contribution in [0.2, 0.25) is 5.02 Å². The number of hydrogen-bond acceptors (Lipinski definition) is 2. The summed E-state index contributed by atoms with van der Waals surface area (Å²) in [5, 5.41) is 20.2. The molecule has 1 rings (SSSR count). The fourth-order valence-electron chi connectivity index (χ4n) is 1.26. The van der Waals surface area contributed by atoms with E-state index in [1.165, 1.54) is 0 Å². The van der Waals surface area contributed by atoms with E-state index in [9.17, 15) is 10.2 Å². The highest BCUT2D eigenvalue weighted by atomic mass is 79.9. The SMILES string of the molecule is Cc1cc(Cl)ccc1C(O)C(O)CBr. The third kappa shape index (κ3) is 2.70. The summed E-state index contributed by atoms with van der Waals surface area (Å²) in [4.78, 5) is 0. The summed E-state index contributed by atoms with van der Waals surface area (Å²) in [5.41, 5.74) is 1.59. The Balaban J connectivity index is 2.95. The topological polar surface area (TPSA) is 40.5 Å². The second kappa shape index (κ2) is 5.12. The van der Waals surface area contributed by atoms with Crippen molar-refractivity contribution in [1.82, 2.24) is 0 Å². The number of aliphatic hydroxyl groups is 2. The summed E-state index contributed by atoms with van der Waals surface area (Å²) >= 11 is 8.90. The zero-order valence-corrected chi connectivity index (χ0v) is 10.1. The molecule has 2 unspecified atom stereocenters. The average molecular weight is 280 g/mol. The van der Waals surface area contributed by atoms with Crippen molar-refractivity contribution < 1.29 is 10.2 Å². The number of aryl methyl sites for hydroxylation is 1. The Hall–Kier alpha value is -0.0900. The van der Waals surface area contributed by atoms with Crippen molar-refractivity contribution in [2.45, 2.75) is 19.1 Å². The third-order valence-electron chi connectivity index (χ3n) is 2.07. The van der Waals surface area contributed by atoms with Crippen LogP contribution in [0.5, 0.6) is 0 Å². The van der Waals surface area contributed by atoms with Gasteiger partial charge in [0.25, 0.3) is 0 Å². The van der Waals surface area contributed by atoms with Gasteiger partial charge in [-0.3, -0.25) is 0 Å². The van der Waals surface area contributed by atoms with E-state index in [2.05, 4.69) is 15.9 Å². The Morgan fingerprint density at radius 1 is 1.43 bits per heavy atom. The van der Waals surface area contributed by atoms with Crippen molar-refractivity contribution in [2.75, 3.05) is 5.33 Å². The number of alkyl halides is 1. The monoisotopic (exact) mass is 278 g/mol. The Kier molecular flexibility index (Phi) is 4.38. The lowest BCUT2D eigenvalue weighted by molar-refractivity contribution is 0.0339. The van der Waals surface area contributed by atoms with Gasteiger partial charge in [0, 0.05) is 10.4 Å². The lowest BCUT2D eigenvalue weighted by Gasteiger charge is -2.17. The molecule has 2 atom stereocenters. The van der Waals surface area contributed by atoms with Gasteiger partial charge in [-0.05, 0) is 30.2 Å². The van der Waals surface area contributed by atoms with Crippen molar-refractivity contribution in [1.29, 1.82) is 0 Å². The molecule has 78 valence electrons. The highest BCUT2D eigenvalue weighted by Crippen LogP contribution is 2.24. The molecule has 0 aliphatic carbocycles. The van der Waals surface area contributed by atoms with E-state index < -0.39 is 12.2 Å². The van der Waals surface area contributed by atoms with Crippen molar-refractivity contribution in [3.8, 4) is 0 Å². The molecule has 0 aliphatic heterocycles. The minimum absolute atomic E-state index is 0.343. The van der Waals surface area contributed by atoms with Crippen LogP contribution in [0.3, 0.4) is 0 Å². The zero-order valence-electron chi connectivity index (χ0n) is 7.74. The normalized spacial score (nSPS) is 15.2. The van der Waals surface area contributed by atoms with Crippen LogP contribution >= 0.6 is 27.5 Å². The molecule has 4 heteroatoms. The predicted molar refractivity (Wildman–Crippen MR) is 60.9 cm³/mol. The highest BCUT2D eigenvalue weighted by molar-refractivity contribution is 9.09. The van der Waals surface area contributed by atoms with Crippen LogP contribution in [0, 0.1) is 6.92 Å². The summed E-state index contributed by atoms with van der Waals surface area (Å²) in [6, 6.07) is 5.20. The molecule has 0 saturated carbocycles. The lowest BCUT2D eigenvalue weighted by Crippen LogP contribution is -2.20. The van der Waals surface area contributed by atoms with E-state index in [4.69, 9.17) is 11.6 Å². The van der Waals surface area contributed by atoms with Crippen LogP contribution < -0.4 is 0 Å². The molecule has 1 aromatic rings. The molecule has 0 fully saturated rings. The molecule has 14 heavy (non-hydrogen) atoms. The first kappa shape index (κ1) is 12.0. The van der Waals surface area contributed by atoms with E-state index in [1.54, 1.807) is 18.2 Å². The van der Waals surface area contributed by atoms with Gasteiger partial charge in [0.1, 0.15) is 6.10 Å². The smallest absolute Gasteiger partial charge is 0.106 e. The van der Waals surface area contributed by atoms with E-state index in [0.717, 1.165) is 5.56 Å². The summed E-state index contributed by atoms with van der Waals surface area (Å²) in [6.45, 7) is 1.85. The Morgan fingerprint density at radius 3 is 2.57 bits per heavy atom. The van der Waals surface area contributed by atoms with Gasteiger partial charge in [-0.25, -0.2) is 0 Å². The molecule has 0 radical (unpaired) electrons. The Morgan fingerprint density at radius 2 is 2.07 bits per heavy atom. The third-order valence-corrected chi connectivity index (χ3v) is 2.97. The Labute approximate surface area is 96.7 Å². The van der Waals surface area contributed by atoms with Crippen molar-refractivity contribution in [2.24, 2.45) is 0 Å². The molecule has 2 nitrogen and oxygen atoms in total. The second-order valence-electron chi connectivity index (χ2n) is 3.17. The molecule has 1 aromatic carbocycles. The van der Waals surface area contributed by atoms with E-state index >= 15 is 0 Å². The summed E-state index contributed by atoms with van der Waals surface area (Å²) in [7, 11) is 0. The van der Waals surface area contributed by atoms with Crippen molar-refractivity contribution in [3.05, 3.63) is 34.3 Å². The highest BCUT2D eigenvalue weighted by Gasteiger charge is 2.18. The van der Waals surface area contributed by atoms with Crippen LogP contribution in [0.1, 0.15) is 17.2 Å². The number of hydrogen-bond donors (Lipinski definition) is 2. The lowest BCUT2D eigenvalue weighted by atomic mass is 10.0. The largest absolute Gasteiger partial charge is 0.389 e. The van der Waals surface area contributed by atoms with Crippen LogP contribution in [0.25, 0.3) is 0 Å². The van der Waals surface area contributed by atoms with E-state index in [-0.39, 0.29) is 0 Å². The number of benzene rings is 1. The van der Waals surface area contributed by atoms with Crippen molar-refractivity contribution in [3.63, 3.8) is 0 Å². The van der Waals surface area contributed by atoms with Crippen LogP contribution in [0.15, 0.2) is 18.2 Å². The van der Waals surface area contributed by atoms with Gasteiger partial charge in [-0.15, -0.1) is 0 Å². The number of rotatable bonds is 3.